The molecule has 2 N–H and O–H groups in total. The Morgan fingerprint density at radius 1 is 1.07 bits per heavy atom. The van der Waals surface area contributed by atoms with E-state index < -0.39 is 0 Å². The first-order valence-electron chi connectivity index (χ1n) is 8.71. The fourth-order valence-corrected chi connectivity index (χ4v) is 2.69. The van der Waals surface area contributed by atoms with Gasteiger partial charge in [0.15, 0.2) is 5.96 Å². The maximum Gasteiger partial charge on any atom is 0.191 e. The number of halogens is 1. The SMILES string of the molecule is CN=C(NCc1ccc(-n2ccnc2C)nc1)NCc1ccc(F)c(C)c1. The van der Waals surface area contributed by atoms with Crippen LogP contribution in [-0.4, -0.2) is 27.5 Å². The van der Waals surface area contributed by atoms with E-state index in [2.05, 4.69) is 25.6 Å². The van der Waals surface area contributed by atoms with Crippen LogP contribution in [0.2, 0.25) is 0 Å². The van der Waals surface area contributed by atoms with E-state index in [1.165, 1.54) is 6.07 Å². The van der Waals surface area contributed by atoms with Gasteiger partial charge in [-0.25, -0.2) is 14.4 Å². The fourth-order valence-electron chi connectivity index (χ4n) is 2.69. The molecular formula is C20H23FN6. The minimum atomic E-state index is -0.192. The largest absolute Gasteiger partial charge is 0.352 e. The van der Waals surface area contributed by atoms with Gasteiger partial charge in [-0.3, -0.25) is 9.56 Å². The maximum absolute atomic E-state index is 13.3. The Morgan fingerprint density at radius 3 is 2.41 bits per heavy atom. The van der Waals surface area contributed by atoms with E-state index in [0.717, 1.165) is 22.8 Å². The molecule has 0 aliphatic rings. The highest BCUT2D eigenvalue weighted by Gasteiger charge is 2.04. The van der Waals surface area contributed by atoms with Crippen molar-refractivity contribution in [3.05, 3.63) is 77.3 Å². The van der Waals surface area contributed by atoms with Crippen molar-refractivity contribution in [2.45, 2.75) is 26.9 Å². The van der Waals surface area contributed by atoms with E-state index >= 15 is 0 Å². The van der Waals surface area contributed by atoms with Crippen LogP contribution in [0, 0.1) is 19.7 Å². The minimum Gasteiger partial charge on any atom is -0.352 e. The number of aryl methyl sites for hydroxylation is 2. The van der Waals surface area contributed by atoms with E-state index in [4.69, 9.17) is 0 Å². The summed E-state index contributed by atoms with van der Waals surface area (Å²) in [6.07, 6.45) is 5.47. The number of nitrogens with one attached hydrogen (secondary N) is 2. The molecule has 0 saturated heterocycles. The van der Waals surface area contributed by atoms with Gasteiger partial charge in [0.25, 0.3) is 0 Å². The quantitative estimate of drug-likeness (QED) is 0.538. The van der Waals surface area contributed by atoms with Gasteiger partial charge in [-0.1, -0.05) is 18.2 Å². The third-order valence-corrected chi connectivity index (χ3v) is 4.25. The lowest BCUT2D eigenvalue weighted by Gasteiger charge is -2.13. The van der Waals surface area contributed by atoms with Crippen molar-refractivity contribution in [2.24, 2.45) is 4.99 Å². The van der Waals surface area contributed by atoms with Crippen LogP contribution in [0.1, 0.15) is 22.5 Å². The number of imidazole rings is 1. The molecule has 140 valence electrons. The first kappa shape index (κ1) is 18.6. The Balaban J connectivity index is 1.54. The van der Waals surface area contributed by atoms with Crippen molar-refractivity contribution in [3.63, 3.8) is 0 Å². The first-order chi connectivity index (χ1) is 13.1. The van der Waals surface area contributed by atoms with Gasteiger partial charge < -0.3 is 10.6 Å². The molecule has 0 unspecified atom stereocenters. The number of aromatic nitrogens is 3. The lowest BCUT2D eigenvalue weighted by Crippen LogP contribution is -2.36. The van der Waals surface area contributed by atoms with Crippen molar-refractivity contribution in [2.75, 3.05) is 7.05 Å². The number of aliphatic imine (C=N–C) groups is 1. The summed E-state index contributed by atoms with van der Waals surface area (Å²) in [5.74, 6) is 2.21. The second kappa shape index (κ2) is 8.44. The van der Waals surface area contributed by atoms with Gasteiger partial charge in [0.05, 0.1) is 0 Å². The van der Waals surface area contributed by atoms with Gasteiger partial charge in [-0.05, 0) is 42.7 Å². The second-order valence-corrected chi connectivity index (χ2v) is 6.23. The molecule has 0 bridgehead atoms. The van der Waals surface area contributed by atoms with E-state index in [-0.39, 0.29) is 5.82 Å². The highest BCUT2D eigenvalue weighted by Crippen LogP contribution is 2.09. The number of hydrogen-bond acceptors (Lipinski definition) is 3. The monoisotopic (exact) mass is 366 g/mol. The molecule has 7 heteroatoms. The van der Waals surface area contributed by atoms with Crippen molar-refractivity contribution in [3.8, 4) is 5.82 Å². The zero-order chi connectivity index (χ0) is 19.2. The molecule has 0 amide bonds. The van der Waals surface area contributed by atoms with Gasteiger partial charge >= 0.3 is 0 Å². The zero-order valence-electron chi connectivity index (χ0n) is 15.7. The van der Waals surface area contributed by atoms with E-state index in [0.29, 0.717) is 24.6 Å². The molecule has 0 saturated carbocycles. The Kier molecular flexibility index (Phi) is 5.80. The summed E-state index contributed by atoms with van der Waals surface area (Å²) in [5, 5.41) is 6.48. The number of benzene rings is 1. The van der Waals surface area contributed by atoms with Crippen LogP contribution in [0.3, 0.4) is 0 Å². The highest BCUT2D eigenvalue weighted by atomic mass is 19.1. The van der Waals surface area contributed by atoms with Crippen LogP contribution in [0.4, 0.5) is 4.39 Å². The molecule has 2 heterocycles. The molecule has 0 aliphatic carbocycles. The normalized spacial score (nSPS) is 11.5. The molecule has 6 nitrogen and oxygen atoms in total. The van der Waals surface area contributed by atoms with Crippen LogP contribution in [0.5, 0.6) is 0 Å². The predicted octanol–water partition coefficient (Wildman–Crippen LogP) is 2.89. The van der Waals surface area contributed by atoms with Crippen LogP contribution in [0.15, 0.2) is 53.9 Å². The summed E-state index contributed by atoms with van der Waals surface area (Å²) in [4.78, 5) is 12.9. The van der Waals surface area contributed by atoms with Gasteiger partial charge in [0.2, 0.25) is 0 Å². The first-order valence-corrected chi connectivity index (χ1v) is 8.71. The summed E-state index contributed by atoms with van der Waals surface area (Å²) in [6, 6.07) is 9.06. The Hall–Kier alpha value is -3.22. The predicted molar refractivity (Wildman–Crippen MR) is 104 cm³/mol. The molecule has 27 heavy (non-hydrogen) atoms. The fraction of sp³-hybridized carbons (Fsp3) is 0.250. The lowest BCUT2D eigenvalue weighted by atomic mass is 10.1. The molecule has 0 fully saturated rings. The smallest absolute Gasteiger partial charge is 0.191 e. The van der Waals surface area contributed by atoms with E-state index in [1.54, 1.807) is 26.2 Å². The van der Waals surface area contributed by atoms with Crippen LogP contribution >= 0.6 is 0 Å². The average Bonchev–Trinajstić information content (AvgIpc) is 3.11. The average molecular weight is 366 g/mol. The topological polar surface area (TPSA) is 67.1 Å². The Labute approximate surface area is 158 Å². The molecule has 3 rings (SSSR count). The molecular weight excluding hydrogens is 343 g/mol. The lowest BCUT2D eigenvalue weighted by molar-refractivity contribution is 0.617. The van der Waals surface area contributed by atoms with Crippen LogP contribution in [0.25, 0.3) is 5.82 Å². The van der Waals surface area contributed by atoms with Crippen molar-refractivity contribution < 1.29 is 4.39 Å². The standard InChI is InChI=1S/C20H23FN6/c1-14-10-16(4-6-18(14)21)11-25-20(22-3)26-13-17-5-7-19(24-12-17)27-9-8-23-15(27)2/h4-10,12H,11,13H2,1-3H3,(H2,22,25,26). The Bertz CT molecular complexity index is 930. The molecule has 1 aromatic carbocycles. The van der Waals surface area contributed by atoms with E-state index in [1.807, 2.05) is 42.1 Å². The number of guanidine groups is 1. The summed E-state index contributed by atoms with van der Waals surface area (Å²) in [6.45, 7) is 4.86. The second-order valence-electron chi connectivity index (χ2n) is 6.23. The van der Waals surface area contributed by atoms with E-state index in [9.17, 15) is 4.39 Å². The van der Waals surface area contributed by atoms with Gasteiger partial charge in [0, 0.05) is 38.7 Å². The highest BCUT2D eigenvalue weighted by molar-refractivity contribution is 5.79. The maximum atomic E-state index is 13.3. The summed E-state index contributed by atoms with van der Waals surface area (Å²) >= 11 is 0. The molecule has 0 radical (unpaired) electrons. The van der Waals surface area contributed by atoms with Crippen LogP contribution in [-0.2, 0) is 13.1 Å². The van der Waals surface area contributed by atoms with Gasteiger partial charge in [-0.2, -0.15) is 0 Å². The summed E-state index contributed by atoms with van der Waals surface area (Å²) < 4.78 is 15.3. The third-order valence-electron chi connectivity index (χ3n) is 4.25. The molecule has 0 aliphatic heterocycles. The summed E-state index contributed by atoms with van der Waals surface area (Å²) in [7, 11) is 1.72. The molecule has 2 aromatic heterocycles. The third kappa shape index (κ3) is 4.69. The van der Waals surface area contributed by atoms with Crippen molar-refractivity contribution in [1.82, 2.24) is 25.2 Å². The number of rotatable bonds is 5. The minimum absolute atomic E-state index is 0.192. The molecule has 0 spiro atoms. The number of hydrogen-bond donors (Lipinski definition) is 2. The van der Waals surface area contributed by atoms with Crippen LogP contribution < -0.4 is 10.6 Å². The van der Waals surface area contributed by atoms with Gasteiger partial charge in [-0.15, -0.1) is 0 Å². The molecule has 0 atom stereocenters. The zero-order valence-corrected chi connectivity index (χ0v) is 15.7. The van der Waals surface area contributed by atoms with Crippen molar-refractivity contribution >= 4 is 5.96 Å². The Morgan fingerprint density at radius 2 is 1.81 bits per heavy atom. The van der Waals surface area contributed by atoms with Crippen molar-refractivity contribution in [1.29, 1.82) is 0 Å². The number of nitrogens with zero attached hydrogens (tertiary/aromatic N) is 4. The number of pyridine rings is 1. The molecule has 3 aromatic rings. The van der Waals surface area contributed by atoms with Gasteiger partial charge in [0.1, 0.15) is 17.5 Å². The summed E-state index contributed by atoms with van der Waals surface area (Å²) in [5.41, 5.74) is 2.67.